The van der Waals surface area contributed by atoms with E-state index >= 15 is 0 Å². The molecule has 2 aromatic heterocycles. The highest BCUT2D eigenvalue weighted by molar-refractivity contribution is 9.10. The molecule has 1 saturated heterocycles. The normalized spacial score (nSPS) is 15.9. The van der Waals surface area contributed by atoms with Crippen molar-refractivity contribution < 1.29 is 9.53 Å². The molecule has 1 aliphatic heterocycles. The fourth-order valence-corrected chi connectivity index (χ4v) is 4.81. The minimum atomic E-state index is -0.444. The second-order valence-corrected chi connectivity index (χ2v) is 8.72. The fraction of sp³-hybridized carbons (Fsp3) is 0.286. The number of carbonyl (C=O) groups is 1. The second-order valence-electron chi connectivity index (χ2n) is 6.81. The number of hydrogen-bond donors (Lipinski definition) is 1. The summed E-state index contributed by atoms with van der Waals surface area (Å²) < 4.78 is 6.57. The first kappa shape index (κ1) is 19.2. The number of aryl methyl sites for hydroxylation is 1. The summed E-state index contributed by atoms with van der Waals surface area (Å²) in [6.07, 6.45) is 3.20. The molecule has 1 aliphatic rings. The van der Waals surface area contributed by atoms with E-state index in [-0.39, 0.29) is 5.91 Å². The zero-order valence-corrected chi connectivity index (χ0v) is 17.8. The Kier molecular flexibility index (Phi) is 5.57. The molecule has 0 bridgehead atoms. The predicted molar refractivity (Wildman–Crippen MR) is 113 cm³/mol. The lowest BCUT2D eigenvalue weighted by Crippen LogP contribution is -2.49. The Balaban J connectivity index is 1.65. The van der Waals surface area contributed by atoms with Crippen molar-refractivity contribution in [3.63, 3.8) is 0 Å². The zero-order chi connectivity index (χ0) is 19.6. The molecule has 1 amide bonds. The highest BCUT2D eigenvalue weighted by Gasteiger charge is 2.37. The summed E-state index contributed by atoms with van der Waals surface area (Å²) in [7, 11) is 0. The molecule has 0 radical (unpaired) electrons. The average Bonchev–Trinajstić information content (AvgIpc) is 3.11. The van der Waals surface area contributed by atoms with Gasteiger partial charge in [-0.3, -0.25) is 9.78 Å². The Morgan fingerprint density at radius 3 is 2.75 bits per heavy atom. The molecule has 4 rings (SSSR count). The number of hydrogen-bond acceptors (Lipinski definition) is 5. The van der Waals surface area contributed by atoms with E-state index in [1.54, 1.807) is 6.20 Å². The molecule has 1 fully saturated rings. The zero-order valence-electron chi connectivity index (χ0n) is 15.4. The first-order valence-electron chi connectivity index (χ1n) is 9.12. The quantitative estimate of drug-likeness (QED) is 0.615. The lowest BCUT2D eigenvalue weighted by Gasteiger charge is -2.38. The van der Waals surface area contributed by atoms with Gasteiger partial charge in [0.05, 0.1) is 16.9 Å². The van der Waals surface area contributed by atoms with Gasteiger partial charge in [0.15, 0.2) is 0 Å². The van der Waals surface area contributed by atoms with Crippen LogP contribution in [0.2, 0.25) is 0 Å². The van der Waals surface area contributed by atoms with Crippen LogP contribution < -0.4 is 5.32 Å². The molecule has 0 unspecified atom stereocenters. The monoisotopic (exact) mass is 457 g/mol. The van der Waals surface area contributed by atoms with Gasteiger partial charge in [0.1, 0.15) is 9.88 Å². The number of benzene rings is 1. The minimum absolute atomic E-state index is 0.0981. The number of ether oxygens (including phenoxy) is 1. The fourth-order valence-electron chi connectivity index (χ4n) is 3.47. The van der Waals surface area contributed by atoms with Crippen LogP contribution in [0.15, 0.2) is 53.1 Å². The van der Waals surface area contributed by atoms with Gasteiger partial charge in [-0.25, -0.2) is 4.98 Å². The highest BCUT2D eigenvalue weighted by Crippen LogP contribution is 2.35. The number of rotatable bonds is 4. The standard InChI is InChI=1S/C21H20BrN3O2S/c1-14-18(28-20(24-14)17-7-2-3-10-23-17)19(26)25-21(8-11-27-12-9-21)15-5-4-6-16(22)13-15/h2-7,10,13H,8-9,11-12H2,1H3,(H,25,26). The van der Waals surface area contributed by atoms with Crippen molar-refractivity contribution in [1.29, 1.82) is 0 Å². The molecule has 3 aromatic rings. The number of pyridine rings is 1. The van der Waals surface area contributed by atoms with Gasteiger partial charge in [-0.1, -0.05) is 34.1 Å². The van der Waals surface area contributed by atoms with Crippen LogP contribution >= 0.6 is 27.3 Å². The van der Waals surface area contributed by atoms with Gasteiger partial charge in [-0.15, -0.1) is 11.3 Å². The largest absolute Gasteiger partial charge is 0.381 e. The SMILES string of the molecule is Cc1nc(-c2ccccn2)sc1C(=O)NC1(c2cccc(Br)c2)CCOCC1. The van der Waals surface area contributed by atoms with Crippen molar-refractivity contribution >= 4 is 33.2 Å². The first-order chi connectivity index (χ1) is 13.6. The van der Waals surface area contributed by atoms with Gasteiger partial charge < -0.3 is 10.1 Å². The van der Waals surface area contributed by atoms with Crippen molar-refractivity contribution in [3.05, 3.63) is 69.3 Å². The van der Waals surface area contributed by atoms with Gasteiger partial charge in [-0.2, -0.15) is 0 Å². The first-order valence-corrected chi connectivity index (χ1v) is 10.7. The van der Waals surface area contributed by atoms with Crippen LogP contribution in [0.5, 0.6) is 0 Å². The smallest absolute Gasteiger partial charge is 0.263 e. The van der Waals surface area contributed by atoms with E-state index < -0.39 is 5.54 Å². The number of nitrogens with one attached hydrogen (secondary N) is 1. The second kappa shape index (κ2) is 8.11. The molecule has 0 saturated carbocycles. The van der Waals surface area contributed by atoms with E-state index in [4.69, 9.17) is 4.74 Å². The number of halogens is 1. The maximum atomic E-state index is 13.2. The number of aromatic nitrogens is 2. The molecule has 3 heterocycles. The van der Waals surface area contributed by atoms with E-state index in [2.05, 4.69) is 43.3 Å². The van der Waals surface area contributed by atoms with Crippen LogP contribution in [0.4, 0.5) is 0 Å². The van der Waals surface area contributed by atoms with Crippen LogP contribution in [-0.4, -0.2) is 29.1 Å². The number of thiazole rings is 1. The Morgan fingerprint density at radius 2 is 2.04 bits per heavy atom. The van der Waals surface area contributed by atoms with Gasteiger partial charge in [0.25, 0.3) is 5.91 Å². The Morgan fingerprint density at radius 1 is 1.21 bits per heavy atom. The topological polar surface area (TPSA) is 64.1 Å². The molecule has 1 N–H and O–H groups in total. The number of amides is 1. The average molecular weight is 458 g/mol. The lowest BCUT2D eigenvalue weighted by molar-refractivity contribution is 0.0346. The van der Waals surface area contributed by atoms with Gasteiger partial charge in [0, 0.05) is 23.9 Å². The molecule has 1 aromatic carbocycles. The molecule has 28 heavy (non-hydrogen) atoms. The van der Waals surface area contributed by atoms with Crippen LogP contribution in [0.25, 0.3) is 10.7 Å². The summed E-state index contributed by atoms with van der Waals surface area (Å²) in [5.41, 5.74) is 2.15. The lowest BCUT2D eigenvalue weighted by atomic mass is 9.82. The van der Waals surface area contributed by atoms with Crippen molar-refractivity contribution in [2.75, 3.05) is 13.2 Å². The summed E-state index contributed by atoms with van der Waals surface area (Å²) in [5, 5.41) is 4.06. The molecule has 5 nitrogen and oxygen atoms in total. The van der Waals surface area contributed by atoms with Gasteiger partial charge in [-0.05, 0) is 49.6 Å². The maximum absolute atomic E-state index is 13.2. The van der Waals surface area contributed by atoms with Gasteiger partial charge in [0.2, 0.25) is 0 Å². The predicted octanol–water partition coefficient (Wildman–Crippen LogP) is 4.71. The van der Waals surface area contributed by atoms with Crippen LogP contribution in [-0.2, 0) is 10.3 Å². The van der Waals surface area contributed by atoms with Crippen LogP contribution in [0, 0.1) is 6.92 Å². The molecule has 0 spiro atoms. The van der Waals surface area contributed by atoms with Crippen LogP contribution in [0.3, 0.4) is 0 Å². The Labute approximate surface area is 176 Å². The van der Waals surface area contributed by atoms with E-state index in [0.29, 0.717) is 18.1 Å². The minimum Gasteiger partial charge on any atom is -0.381 e. The molecular weight excluding hydrogens is 438 g/mol. The molecule has 144 valence electrons. The maximum Gasteiger partial charge on any atom is 0.263 e. The molecule has 0 aliphatic carbocycles. The summed E-state index contributed by atoms with van der Waals surface area (Å²) in [6.45, 7) is 3.11. The third kappa shape index (κ3) is 3.87. The number of nitrogens with zero attached hydrogens (tertiary/aromatic N) is 2. The van der Waals surface area contributed by atoms with Crippen molar-refractivity contribution in [1.82, 2.24) is 15.3 Å². The summed E-state index contributed by atoms with van der Waals surface area (Å²) in [5.74, 6) is -0.0981. The van der Waals surface area contributed by atoms with Crippen molar-refractivity contribution in [2.24, 2.45) is 0 Å². The van der Waals surface area contributed by atoms with E-state index in [1.807, 2.05) is 37.3 Å². The van der Waals surface area contributed by atoms with Gasteiger partial charge >= 0.3 is 0 Å². The molecule has 0 atom stereocenters. The summed E-state index contributed by atoms with van der Waals surface area (Å²) in [6, 6.07) is 13.8. The van der Waals surface area contributed by atoms with Crippen molar-refractivity contribution in [2.45, 2.75) is 25.3 Å². The molecule has 7 heteroatoms. The highest BCUT2D eigenvalue weighted by atomic mass is 79.9. The van der Waals surface area contributed by atoms with E-state index in [1.165, 1.54) is 11.3 Å². The van der Waals surface area contributed by atoms with Crippen molar-refractivity contribution in [3.8, 4) is 10.7 Å². The molecular formula is C21H20BrN3O2S. The Bertz CT molecular complexity index is 984. The van der Waals surface area contributed by atoms with Crippen LogP contribution in [0.1, 0.15) is 33.8 Å². The summed E-state index contributed by atoms with van der Waals surface area (Å²) >= 11 is 4.93. The third-order valence-corrected chi connectivity index (χ3v) is 6.64. The van der Waals surface area contributed by atoms with E-state index in [0.717, 1.165) is 39.3 Å². The Hall–Kier alpha value is -2.09. The summed E-state index contributed by atoms with van der Waals surface area (Å²) in [4.78, 5) is 22.8. The van der Waals surface area contributed by atoms with E-state index in [9.17, 15) is 4.79 Å². The third-order valence-electron chi connectivity index (χ3n) is 4.96. The number of carbonyl (C=O) groups excluding carboxylic acids is 1.